The Morgan fingerprint density at radius 3 is 1.62 bits per heavy atom. The maximum Gasteiger partial charge on any atom is 0.252 e. The number of aromatic nitrogens is 1. The Morgan fingerprint density at radius 2 is 0.959 bits per heavy atom. The highest BCUT2D eigenvalue weighted by atomic mass is 16.3. The maximum absolute atomic E-state index is 6.80. The number of furan rings is 1. The molecule has 0 fully saturated rings. The molecule has 0 bridgehead atoms. The van der Waals surface area contributed by atoms with Crippen LogP contribution in [0.5, 0.6) is 0 Å². The first-order valence-electron chi connectivity index (χ1n) is 26.0. The smallest absolute Gasteiger partial charge is 0.252 e. The Labute approximate surface area is 433 Å². The van der Waals surface area contributed by atoms with Crippen LogP contribution < -0.4 is 31.1 Å². The van der Waals surface area contributed by atoms with E-state index in [2.05, 4.69) is 279 Å². The lowest BCUT2D eigenvalue weighted by Gasteiger charge is -2.44. The van der Waals surface area contributed by atoms with Crippen LogP contribution in [0, 0.1) is 0 Å². The molecule has 2 aliphatic heterocycles. The topological polar surface area (TPSA) is 27.8 Å². The minimum Gasteiger partial charge on any atom is -0.454 e. The molecule has 0 spiro atoms. The van der Waals surface area contributed by atoms with Gasteiger partial charge in [0, 0.05) is 72.7 Å². The highest BCUT2D eigenvalue weighted by molar-refractivity contribution is 7.00. The number of nitrogens with zero attached hydrogens (tertiary/aromatic N) is 4. The van der Waals surface area contributed by atoms with Gasteiger partial charge in [0.05, 0.1) is 16.7 Å². The second-order valence-corrected chi connectivity index (χ2v) is 22.2. The first kappa shape index (κ1) is 44.0. The summed E-state index contributed by atoms with van der Waals surface area (Å²) in [5, 5.41) is 4.66. The molecule has 12 aromatic rings. The van der Waals surface area contributed by atoms with E-state index in [0.29, 0.717) is 0 Å². The van der Waals surface area contributed by atoms with Crippen molar-refractivity contribution in [2.45, 2.75) is 52.4 Å². The zero-order valence-corrected chi connectivity index (χ0v) is 42.6. The number of fused-ring (bicyclic) bond motifs is 10. The van der Waals surface area contributed by atoms with Crippen molar-refractivity contribution in [1.29, 1.82) is 0 Å². The van der Waals surface area contributed by atoms with E-state index in [9.17, 15) is 0 Å². The summed E-state index contributed by atoms with van der Waals surface area (Å²) in [6.07, 6.45) is 0. The second-order valence-electron chi connectivity index (χ2n) is 22.2. The third kappa shape index (κ3) is 6.78. The number of anilines is 9. The van der Waals surface area contributed by atoms with Crippen molar-refractivity contribution in [2.24, 2.45) is 0 Å². The lowest BCUT2D eigenvalue weighted by atomic mass is 9.33. The van der Waals surface area contributed by atoms with E-state index in [1.807, 2.05) is 6.07 Å². The third-order valence-corrected chi connectivity index (χ3v) is 15.7. The third-order valence-electron chi connectivity index (χ3n) is 15.7. The standard InChI is InChI=1S/C68H55BN4O/c1-67(2,3)44-31-35-48(36-32-44)72-58-27-18-28-59-65(58)69(55-40-39-50(41-62(55)72)70(46-19-9-7-10-20-46)60-29-17-25-53-52-24-14-16-30-64(52)74-66(53)60)56-43-61-54(42-63(56)73(59)49-37-33-45(34-38-49)68(4,5)6)51-23-13-15-26-57(51)71(61)47-21-11-8-12-22-47/h7-43H,1-6H3. The summed E-state index contributed by atoms with van der Waals surface area (Å²) < 4.78 is 9.26. The lowest BCUT2D eigenvalue weighted by Crippen LogP contribution is -2.61. The fraction of sp³-hybridized carbons (Fsp3) is 0.118. The molecular weight excluding hydrogens is 900 g/mol. The minimum atomic E-state index is -0.105. The SMILES string of the molecule is CC(C)(C)c1ccc(N2c3cc(N(c4ccccc4)c4cccc5c4oc4ccccc45)ccc3B3c4cc5c(cc4N(c4ccc(C(C)(C)C)cc4)c4cccc2c43)c2ccccc2n5-c2ccccc2)cc1. The van der Waals surface area contributed by atoms with Crippen molar-refractivity contribution in [3.05, 3.63) is 236 Å². The van der Waals surface area contributed by atoms with Gasteiger partial charge in [-0.25, -0.2) is 0 Å². The van der Waals surface area contributed by atoms with E-state index in [1.165, 1.54) is 60.7 Å². The molecule has 0 radical (unpaired) electrons. The van der Waals surface area contributed by atoms with Crippen LogP contribution in [0.4, 0.5) is 51.2 Å². The van der Waals surface area contributed by atoms with Crippen molar-refractivity contribution in [2.75, 3.05) is 14.7 Å². The molecule has 356 valence electrons. The summed E-state index contributed by atoms with van der Waals surface area (Å²) >= 11 is 0. The van der Waals surface area contributed by atoms with Crippen LogP contribution in [0.3, 0.4) is 0 Å². The van der Waals surface area contributed by atoms with E-state index in [4.69, 9.17) is 4.42 Å². The first-order chi connectivity index (χ1) is 36.0. The zero-order valence-electron chi connectivity index (χ0n) is 42.6. The molecule has 0 atom stereocenters. The Morgan fingerprint density at radius 1 is 0.392 bits per heavy atom. The number of benzene rings is 10. The van der Waals surface area contributed by atoms with Gasteiger partial charge in [0.1, 0.15) is 5.58 Å². The van der Waals surface area contributed by atoms with Crippen LogP contribution in [0.15, 0.2) is 229 Å². The maximum atomic E-state index is 6.80. The van der Waals surface area contributed by atoms with E-state index in [1.54, 1.807) is 0 Å². The van der Waals surface area contributed by atoms with Crippen LogP contribution in [0.1, 0.15) is 52.7 Å². The molecule has 0 aliphatic carbocycles. The molecule has 0 saturated carbocycles. The van der Waals surface area contributed by atoms with Gasteiger partial charge < -0.3 is 23.7 Å². The van der Waals surface area contributed by atoms with E-state index >= 15 is 0 Å². The van der Waals surface area contributed by atoms with Gasteiger partial charge in [-0.3, -0.25) is 0 Å². The quantitative estimate of drug-likeness (QED) is 0.155. The molecule has 74 heavy (non-hydrogen) atoms. The molecule has 2 aromatic heterocycles. The number of para-hydroxylation sites is 5. The van der Waals surface area contributed by atoms with E-state index in [0.717, 1.165) is 67.4 Å². The molecule has 5 nitrogen and oxygen atoms in total. The summed E-state index contributed by atoms with van der Waals surface area (Å²) in [5.74, 6) is 0. The van der Waals surface area contributed by atoms with Crippen molar-refractivity contribution < 1.29 is 4.42 Å². The molecule has 0 saturated heterocycles. The molecule has 0 unspecified atom stereocenters. The van der Waals surface area contributed by atoms with Crippen LogP contribution >= 0.6 is 0 Å². The van der Waals surface area contributed by atoms with Gasteiger partial charge in [-0.2, -0.15) is 0 Å². The summed E-state index contributed by atoms with van der Waals surface area (Å²) in [5.41, 5.74) is 21.7. The van der Waals surface area contributed by atoms with Crippen molar-refractivity contribution in [3.63, 3.8) is 0 Å². The number of hydrogen-bond acceptors (Lipinski definition) is 4. The van der Waals surface area contributed by atoms with Crippen molar-refractivity contribution in [1.82, 2.24) is 4.57 Å². The molecular formula is C68H55BN4O. The van der Waals surface area contributed by atoms with E-state index in [-0.39, 0.29) is 17.5 Å². The molecule has 6 heteroatoms. The minimum absolute atomic E-state index is 0.00330. The summed E-state index contributed by atoms with van der Waals surface area (Å²) in [4.78, 5) is 7.44. The predicted octanol–water partition coefficient (Wildman–Crippen LogP) is 16.8. The average molecular weight is 955 g/mol. The summed E-state index contributed by atoms with van der Waals surface area (Å²) in [6, 6.07) is 83.0. The molecule has 4 heterocycles. The Balaban J connectivity index is 1.07. The molecule has 0 amide bonds. The van der Waals surface area contributed by atoms with Crippen molar-refractivity contribution in [3.8, 4) is 5.69 Å². The lowest BCUT2D eigenvalue weighted by molar-refractivity contribution is 0.590. The second kappa shape index (κ2) is 16.4. The molecule has 14 rings (SSSR count). The van der Waals surface area contributed by atoms with Gasteiger partial charge in [-0.05, 0) is 141 Å². The Hall–Kier alpha value is -8.74. The van der Waals surface area contributed by atoms with Crippen LogP contribution in [0.25, 0.3) is 49.4 Å². The monoisotopic (exact) mass is 954 g/mol. The zero-order chi connectivity index (χ0) is 50.0. The van der Waals surface area contributed by atoms with Gasteiger partial charge in [0.25, 0.3) is 6.71 Å². The normalized spacial score (nSPS) is 13.2. The van der Waals surface area contributed by atoms with Crippen molar-refractivity contribution >= 4 is 118 Å². The van der Waals surface area contributed by atoms with Crippen LogP contribution in [0.2, 0.25) is 0 Å². The van der Waals surface area contributed by atoms with Gasteiger partial charge in [0.2, 0.25) is 0 Å². The first-order valence-corrected chi connectivity index (χ1v) is 26.0. The van der Waals surface area contributed by atoms with E-state index < -0.39 is 0 Å². The molecule has 2 aliphatic rings. The highest BCUT2D eigenvalue weighted by Gasteiger charge is 2.44. The van der Waals surface area contributed by atoms with Crippen LogP contribution in [-0.4, -0.2) is 11.3 Å². The molecule has 10 aromatic carbocycles. The average Bonchev–Trinajstić information content (AvgIpc) is 3.98. The van der Waals surface area contributed by atoms with Gasteiger partial charge in [-0.15, -0.1) is 0 Å². The predicted molar refractivity (Wildman–Crippen MR) is 314 cm³/mol. The fourth-order valence-electron chi connectivity index (χ4n) is 12.1. The van der Waals surface area contributed by atoms with Gasteiger partial charge in [0.15, 0.2) is 5.58 Å². The van der Waals surface area contributed by atoms with Gasteiger partial charge >= 0.3 is 0 Å². The van der Waals surface area contributed by atoms with Gasteiger partial charge in [-0.1, -0.05) is 163 Å². The largest absolute Gasteiger partial charge is 0.454 e. The Bertz CT molecular complexity index is 4160. The Kier molecular flexibility index (Phi) is 9.75. The number of hydrogen-bond donors (Lipinski definition) is 0. The van der Waals surface area contributed by atoms with Crippen LogP contribution in [-0.2, 0) is 10.8 Å². The number of rotatable bonds is 6. The molecule has 0 N–H and O–H groups in total. The fourth-order valence-corrected chi connectivity index (χ4v) is 12.1. The summed E-state index contributed by atoms with van der Waals surface area (Å²) in [6.45, 7) is 13.6. The summed E-state index contributed by atoms with van der Waals surface area (Å²) in [7, 11) is 0. The highest BCUT2D eigenvalue weighted by Crippen LogP contribution is 2.49.